The van der Waals surface area contributed by atoms with Gasteiger partial charge in [-0.1, -0.05) is 295 Å². The van der Waals surface area contributed by atoms with Gasteiger partial charge in [0.25, 0.3) is 6.71 Å². The lowest BCUT2D eigenvalue weighted by Gasteiger charge is -2.35. The van der Waals surface area contributed by atoms with Gasteiger partial charge in [0.1, 0.15) is 0 Å². The first kappa shape index (κ1) is 55.9. The average molecular weight is 1220 g/mol. The van der Waals surface area contributed by atoms with Gasteiger partial charge in [-0.15, -0.1) is 0 Å². The quantitative estimate of drug-likeness (QED) is 0.0550. The van der Waals surface area contributed by atoms with Crippen molar-refractivity contribution in [3.8, 4) is 67.0 Å². The van der Waals surface area contributed by atoms with E-state index in [1.165, 1.54) is 243 Å². The van der Waals surface area contributed by atoms with Gasteiger partial charge in [-0.25, -0.2) is 0 Å². The second-order valence-electron chi connectivity index (χ2n) is 27.2. The number of nitrogens with zero attached hydrogens (tertiary/aromatic N) is 2. The highest BCUT2D eigenvalue weighted by Crippen LogP contribution is 2.50. The van der Waals surface area contributed by atoms with E-state index in [9.17, 15) is 0 Å². The van der Waals surface area contributed by atoms with E-state index in [0.717, 1.165) is 12.8 Å². The molecule has 17 aromatic rings. The Bertz CT molecular complexity index is 5910. The van der Waals surface area contributed by atoms with Crippen molar-refractivity contribution in [3.05, 3.63) is 284 Å². The Labute approximate surface area is 555 Å². The summed E-state index contributed by atoms with van der Waals surface area (Å²) in [4.78, 5) is 0. The van der Waals surface area contributed by atoms with E-state index in [0.29, 0.717) is 0 Å². The van der Waals surface area contributed by atoms with Gasteiger partial charge < -0.3 is 9.13 Å². The number of aryl methyl sites for hydroxylation is 2. The van der Waals surface area contributed by atoms with E-state index >= 15 is 0 Å². The highest BCUT2D eigenvalue weighted by Gasteiger charge is 2.43. The maximum Gasteiger partial charge on any atom is 0.252 e. The molecule has 0 fully saturated rings. The number of rotatable bonds is 15. The molecule has 0 aliphatic carbocycles. The van der Waals surface area contributed by atoms with Crippen LogP contribution in [0.15, 0.2) is 273 Å². The maximum absolute atomic E-state index is 2.75. The van der Waals surface area contributed by atoms with E-state index in [4.69, 9.17) is 0 Å². The topological polar surface area (TPSA) is 9.86 Å². The summed E-state index contributed by atoms with van der Waals surface area (Å²) in [6, 6.07) is 106. The van der Waals surface area contributed by atoms with Gasteiger partial charge in [0.2, 0.25) is 0 Å². The molecule has 0 amide bonds. The zero-order valence-electron chi connectivity index (χ0n) is 54.0. The SMILES string of the molecule is CCCCCCc1cccc(-c2cccc(-c3cccc(CCCCCC)c3)c2-c2cc3c4c(c2)-n2c5ccc6ccccc6c5c5c6ccccc6cc(c52)B4c2cc(-c4ccccc4-c4ccccc4)cc4c5c6c7ccccc7c7ccccc7c6ccc5n-3c24)c1. The van der Waals surface area contributed by atoms with Crippen molar-refractivity contribution >= 4 is 121 Å². The van der Waals surface area contributed by atoms with Crippen molar-refractivity contribution in [1.82, 2.24) is 9.13 Å². The van der Waals surface area contributed by atoms with Crippen LogP contribution in [0, 0.1) is 0 Å². The van der Waals surface area contributed by atoms with Crippen LogP contribution in [0.1, 0.15) is 76.3 Å². The minimum Gasteiger partial charge on any atom is -0.310 e. The molecule has 4 heterocycles. The molecule has 2 nitrogen and oxygen atoms in total. The van der Waals surface area contributed by atoms with Crippen LogP contribution in [0.5, 0.6) is 0 Å². The molecule has 0 N–H and O–H groups in total. The third-order valence-electron chi connectivity index (χ3n) is 21.8. The molecule has 15 aromatic carbocycles. The molecular weight excluding hydrogens is 1140 g/mol. The molecule has 0 saturated heterocycles. The highest BCUT2D eigenvalue weighted by atomic mass is 15.0. The van der Waals surface area contributed by atoms with Crippen LogP contribution in [-0.2, 0) is 12.8 Å². The predicted molar refractivity (Wildman–Crippen MR) is 410 cm³/mol. The van der Waals surface area contributed by atoms with Crippen LogP contribution < -0.4 is 16.4 Å². The number of hydrogen-bond acceptors (Lipinski definition) is 0. The fourth-order valence-corrected chi connectivity index (χ4v) is 17.6. The molecule has 95 heavy (non-hydrogen) atoms. The summed E-state index contributed by atoms with van der Waals surface area (Å²) in [5.74, 6) is 0. The standard InChI is InChI=1S/C92H71BN2/c1-3-5-7-10-27-58-29-24-35-62(51-58)70-45-26-46-71(63-36-25-30-59(52-63)28-11-8-6-4-2)85(70)66-56-83-90-84(57-66)95-81-49-47-61-33-14-16-39-69(61)87(81)89-72-40-17-15-34-64(72)54-80(92(89)95)93(90)79-55-65(68-38-19-18-37-67(68)60-31-12-9-13-32-60)53-78-88-82(94(83)91(78)79)50-48-77-75-43-21-20-41-73(75)74-42-22-23-44-76(74)86(77)88/h9,12-26,29-57H,3-8,10-11,27-28H2,1-2H3. The second kappa shape index (κ2) is 22.5. The number of aromatic nitrogens is 2. The summed E-state index contributed by atoms with van der Waals surface area (Å²) in [6.07, 6.45) is 12.0. The average Bonchev–Trinajstić information content (AvgIpc) is 1.50. The van der Waals surface area contributed by atoms with Gasteiger partial charge in [-0.05, 0) is 188 Å². The minimum atomic E-state index is -0.139. The van der Waals surface area contributed by atoms with Crippen molar-refractivity contribution < 1.29 is 0 Å². The van der Waals surface area contributed by atoms with Gasteiger partial charge in [0, 0.05) is 43.8 Å². The molecule has 0 atom stereocenters. The largest absolute Gasteiger partial charge is 0.310 e. The van der Waals surface area contributed by atoms with Crippen molar-refractivity contribution in [2.45, 2.75) is 78.1 Å². The number of fused-ring (bicyclic) bond motifs is 21. The Balaban J connectivity index is 0.998. The monoisotopic (exact) mass is 1210 g/mol. The van der Waals surface area contributed by atoms with Crippen LogP contribution in [0.3, 0.4) is 0 Å². The van der Waals surface area contributed by atoms with Gasteiger partial charge >= 0.3 is 0 Å². The molecule has 0 bridgehead atoms. The van der Waals surface area contributed by atoms with Crippen LogP contribution >= 0.6 is 0 Å². The van der Waals surface area contributed by atoms with Gasteiger partial charge in [0.15, 0.2) is 0 Å². The van der Waals surface area contributed by atoms with Gasteiger partial charge in [-0.3, -0.25) is 0 Å². The molecule has 2 aliphatic rings. The van der Waals surface area contributed by atoms with Crippen molar-refractivity contribution in [3.63, 3.8) is 0 Å². The molecule has 0 unspecified atom stereocenters. The summed E-state index contributed by atoms with van der Waals surface area (Å²) in [5, 5.41) is 18.0. The third-order valence-corrected chi connectivity index (χ3v) is 21.8. The molecule has 452 valence electrons. The van der Waals surface area contributed by atoms with Crippen molar-refractivity contribution in [2.24, 2.45) is 0 Å². The van der Waals surface area contributed by atoms with Crippen LogP contribution in [0.4, 0.5) is 0 Å². The van der Waals surface area contributed by atoms with E-state index in [1.807, 2.05) is 0 Å². The zero-order chi connectivity index (χ0) is 62.8. The molecule has 0 radical (unpaired) electrons. The van der Waals surface area contributed by atoms with E-state index in [1.54, 1.807) is 0 Å². The maximum atomic E-state index is 2.75. The lowest BCUT2D eigenvalue weighted by molar-refractivity contribution is 0.667. The first-order chi connectivity index (χ1) is 47.1. The first-order valence-electron chi connectivity index (χ1n) is 35.0. The van der Waals surface area contributed by atoms with Gasteiger partial charge in [0.05, 0.1) is 16.6 Å². The summed E-state index contributed by atoms with van der Waals surface area (Å²) >= 11 is 0. The summed E-state index contributed by atoms with van der Waals surface area (Å²) in [7, 11) is 0. The van der Waals surface area contributed by atoms with E-state index in [-0.39, 0.29) is 6.71 Å². The van der Waals surface area contributed by atoms with Crippen molar-refractivity contribution in [1.29, 1.82) is 0 Å². The Hall–Kier alpha value is -10.7. The smallest absolute Gasteiger partial charge is 0.252 e. The Morgan fingerprint density at radius 3 is 1.42 bits per heavy atom. The normalized spacial score (nSPS) is 12.5. The summed E-state index contributed by atoms with van der Waals surface area (Å²) < 4.78 is 5.47. The minimum absolute atomic E-state index is 0.139. The van der Waals surface area contributed by atoms with Gasteiger partial charge in [-0.2, -0.15) is 0 Å². The molecule has 2 aromatic heterocycles. The predicted octanol–water partition coefficient (Wildman–Crippen LogP) is 23.4. The zero-order valence-corrected chi connectivity index (χ0v) is 54.0. The third kappa shape index (κ3) is 8.64. The molecule has 0 spiro atoms. The fraction of sp³-hybridized carbons (Fsp3) is 0.130. The molecule has 2 aliphatic heterocycles. The van der Waals surface area contributed by atoms with Crippen LogP contribution in [0.25, 0.3) is 164 Å². The highest BCUT2D eigenvalue weighted by molar-refractivity contribution is 7.00. The van der Waals surface area contributed by atoms with Crippen LogP contribution in [-0.4, -0.2) is 15.8 Å². The summed E-state index contributed by atoms with van der Waals surface area (Å²) in [5.41, 5.74) is 26.8. The number of benzene rings is 15. The molecule has 0 saturated carbocycles. The molecule has 3 heteroatoms. The fourth-order valence-electron chi connectivity index (χ4n) is 17.6. The van der Waals surface area contributed by atoms with Crippen LogP contribution in [0.2, 0.25) is 0 Å². The Morgan fingerprint density at radius 1 is 0.284 bits per heavy atom. The molecular formula is C92H71BN2. The Morgan fingerprint density at radius 2 is 0.768 bits per heavy atom. The lowest BCUT2D eigenvalue weighted by Crippen LogP contribution is -2.59. The second-order valence-corrected chi connectivity index (χ2v) is 27.2. The van der Waals surface area contributed by atoms with E-state index in [2.05, 4.69) is 296 Å². The summed E-state index contributed by atoms with van der Waals surface area (Å²) in [6.45, 7) is 4.48. The number of hydrogen-bond donors (Lipinski definition) is 0. The van der Waals surface area contributed by atoms with E-state index < -0.39 is 0 Å². The lowest BCUT2D eigenvalue weighted by atomic mass is 9.34. The number of unbranched alkanes of at least 4 members (excludes halogenated alkanes) is 6. The Kier molecular flexibility index (Phi) is 13.2. The molecule has 19 rings (SSSR count). The first-order valence-corrected chi connectivity index (χ1v) is 35.0. The van der Waals surface area contributed by atoms with Crippen molar-refractivity contribution in [2.75, 3.05) is 0 Å².